The maximum atomic E-state index is 4.45. The van der Waals surface area contributed by atoms with Crippen LogP contribution in [0, 0.1) is 0 Å². The van der Waals surface area contributed by atoms with Gasteiger partial charge in [0.25, 0.3) is 0 Å². The zero-order valence-corrected chi connectivity index (χ0v) is 11.8. The second kappa shape index (κ2) is 4.70. The van der Waals surface area contributed by atoms with E-state index >= 15 is 0 Å². The number of fused-ring (bicyclic) bond motifs is 3. The van der Waals surface area contributed by atoms with Gasteiger partial charge in [-0.25, -0.2) is 9.97 Å². The van der Waals surface area contributed by atoms with Crippen LogP contribution in [-0.4, -0.2) is 40.0 Å². The second-order valence-corrected chi connectivity index (χ2v) is 6.10. The largest absolute Gasteiger partial charge is 0.367 e. The normalized spacial score (nSPS) is 29.8. The summed E-state index contributed by atoms with van der Waals surface area (Å²) in [7, 11) is 2.28. The van der Waals surface area contributed by atoms with Crippen LogP contribution in [0.1, 0.15) is 25.7 Å². The average molecular weight is 268 g/mol. The third kappa shape index (κ3) is 1.95. The monoisotopic (exact) mass is 268 g/mol. The lowest BCUT2D eigenvalue weighted by molar-refractivity contribution is 0.169. The molecule has 0 spiro atoms. The number of piperidine rings is 1. The SMILES string of the molecule is CN1C2CCC1CC(Nc1ncnc3ccccc13)C2. The number of rotatable bonds is 2. The number of aromatic nitrogens is 2. The van der Waals surface area contributed by atoms with E-state index in [0.717, 1.165) is 28.8 Å². The van der Waals surface area contributed by atoms with Crippen molar-refractivity contribution in [1.29, 1.82) is 0 Å². The zero-order valence-electron chi connectivity index (χ0n) is 11.8. The van der Waals surface area contributed by atoms with Crippen molar-refractivity contribution in [3.05, 3.63) is 30.6 Å². The van der Waals surface area contributed by atoms with Crippen LogP contribution in [0.5, 0.6) is 0 Å². The van der Waals surface area contributed by atoms with E-state index in [1.165, 1.54) is 25.7 Å². The van der Waals surface area contributed by atoms with Crippen molar-refractivity contribution in [2.24, 2.45) is 0 Å². The molecule has 2 unspecified atom stereocenters. The third-order valence-electron chi connectivity index (χ3n) is 4.98. The molecule has 4 heteroatoms. The highest BCUT2D eigenvalue weighted by atomic mass is 15.2. The first-order valence-electron chi connectivity index (χ1n) is 7.49. The van der Waals surface area contributed by atoms with Crippen LogP contribution < -0.4 is 5.32 Å². The molecule has 1 N–H and O–H groups in total. The summed E-state index contributed by atoms with van der Waals surface area (Å²) in [6.07, 6.45) is 6.82. The highest BCUT2D eigenvalue weighted by molar-refractivity contribution is 5.88. The van der Waals surface area contributed by atoms with Crippen molar-refractivity contribution < 1.29 is 0 Å². The van der Waals surface area contributed by atoms with Gasteiger partial charge in [-0.05, 0) is 44.9 Å². The Morgan fingerprint density at radius 2 is 1.85 bits per heavy atom. The lowest BCUT2D eigenvalue weighted by Gasteiger charge is -2.36. The van der Waals surface area contributed by atoms with E-state index in [2.05, 4.69) is 39.4 Å². The van der Waals surface area contributed by atoms with Crippen molar-refractivity contribution >= 4 is 16.7 Å². The minimum absolute atomic E-state index is 0.544. The van der Waals surface area contributed by atoms with Crippen LogP contribution in [0.4, 0.5) is 5.82 Å². The van der Waals surface area contributed by atoms with Crippen LogP contribution in [0.25, 0.3) is 10.9 Å². The Balaban J connectivity index is 1.59. The van der Waals surface area contributed by atoms with Gasteiger partial charge in [0.05, 0.1) is 5.52 Å². The maximum Gasteiger partial charge on any atom is 0.137 e. The summed E-state index contributed by atoms with van der Waals surface area (Å²) >= 11 is 0. The molecule has 1 aromatic carbocycles. The van der Waals surface area contributed by atoms with E-state index in [9.17, 15) is 0 Å². The summed E-state index contributed by atoms with van der Waals surface area (Å²) in [6.45, 7) is 0. The lowest BCUT2D eigenvalue weighted by Crippen LogP contribution is -2.44. The fourth-order valence-corrected chi connectivity index (χ4v) is 3.84. The molecule has 0 amide bonds. The number of benzene rings is 1. The van der Waals surface area contributed by atoms with E-state index in [1.807, 2.05) is 12.1 Å². The minimum Gasteiger partial charge on any atom is -0.367 e. The van der Waals surface area contributed by atoms with Gasteiger partial charge in [0.15, 0.2) is 0 Å². The van der Waals surface area contributed by atoms with Crippen LogP contribution >= 0.6 is 0 Å². The summed E-state index contributed by atoms with van der Waals surface area (Å²) in [4.78, 5) is 11.4. The predicted molar refractivity (Wildman–Crippen MR) is 80.8 cm³/mol. The Labute approximate surface area is 119 Å². The Morgan fingerprint density at radius 1 is 1.10 bits per heavy atom. The zero-order chi connectivity index (χ0) is 13.5. The Kier molecular flexibility index (Phi) is 2.84. The highest BCUT2D eigenvalue weighted by Gasteiger charge is 2.38. The molecule has 0 radical (unpaired) electrons. The average Bonchev–Trinajstić information content (AvgIpc) is 2.70. The van der Waals surface area contributed by atoms with Crippen LogP contribution in [0.15, 0.2) is 30.6 Å². The van der Waals surface area contributed by atoms with Crippen molar-refractivity contribution in [3.63, 3.8) is 0 Å². The van der Waals surface area contributed by atoms with Crippen LogP contribution in [0.3, 0.4) is 0 Å². The molecule has 2 aliphatic heterocycles. The van der Waals surface area contributed by atoms with Gasteiger partial charge in [0.2, 0.25) is 0 Å². The van der Waals surface area contributed by atoms with Crippen LogP contribution in [0.2, 0.25) is 0 Å². The number of hydrogen-bond acceptors (Lipinski definition) is 4. The third-order valence-corrected chi connectivity index (χ3v) is 4.98. The van der Waals surface area contributed by atoms with Crippen molar-refractivity contribution in [3.8, 4) is 0 Å². The van der Waals surface area contributed by atoms with Crippen molar-refractivity contribution in [2.75, 3.05) is 12.4 Å². The quantitative estimate of drug-likeness (QED) is 0.909. The summed E-state index contributed by atoms with van der Waals surface area (Å²) in [5, 5.41) is 4.79. The van der Waals surface area contributed by atoms with Gasteiger partial charge in [-0.15, -0.1) is 0 Å². The fourth-order valence-electron chi connectivity index (χ4n) is 3.84. The van der Waals surface area contributed by atoms with Crippen LogP contribution in [-0.2, 0) is 0 Å². The molecule has 3 heterocycles. The van der Waals surface area contributed by atoms with E-state index in [4.69, 9.17) is 0 Å². The lowest BCUT2D eigenvalue weighted by atomic mass is 9.98. The van der Waals surface area contributed by atoms with Gasteiger partial charge >= 0.3 is 0 Å². The van der Waals surface area contributed by atoms with Crippen molar-refractivity contribution in [1.82, 2.24) is 14.9 Å². The van der Waals surface area contributed by atoms with Gasteiger partial charge in [0, 0.05) is 23.5 Å². The molecule has 1 aromatic heterocycles. The molecule has 2 aliphatic rings. The first-order valence-corrected chi connectivity index (χ1v) is 7.49. The molecule has 20 heavy (non-hydrogen) atoms. The first kappa shape index (κ1) is 12.1. The summed E-state index contributed by atoms with van der Waals surface area (Å²) in [5.74, 6) is 0.990. The Morgan fingerprint density at radius 3 is 2.65 bits per heavy atom. The summed E-state index contributed by atoms with van der Waals surface area (Å²) in [5.41, 5.74) is 1.01. The molecule has 104 valence electrons. The smallest absolute Gasteiger partial charge is 0.137 e. The molecule has 2 saturated heterocycles. The molecular formula is C16H20N4. The highest BCUT2D eigenvalue weighted by Crippen LogP contribution is 2.35. The second-order valence-electron chi connectivity index (χ2n) is 6.10. The van der Waals surface area contributed by atoms with Crippen molar-refractivity contribution in [2.45, 2.75) is 43.8 Å². The van der Waals surface area contributed by atoms with E-state index in [0.29, 0.717) is 6.04 Å². The molecule has 2 bridgehead atoms. The standard InChI is InChI=1S/C16H20N4/c1-20-12-6-7-13(20)9-11(8-12)19-16-14-4-2-3-5-15(14)17-10-18-16/h2-5,10-13H,6-9H2,1H3,(H,17,18,19). The minimum atomic E-state index is 0.544. The molecule has 0 aliphatic carbocycles. The number of nitrogens with one attached hydrogen (secondary N) is 1. The summed E-state index contributed by atoms with van der Waals surface area (Å²) < 4.78 is 0. The van der Waals surface area contributed by atoms with Gasteiger partial charge in [-0.3, -0.25) is 0 Å². The molecular weight excluding hydrogens is 248 g/mol. The molecule has 2 atom stereocenters. The molecule has 4 nitrogen and oxygen atoms in total. The molecule has 4 rings (SSSR count). The maximum absolute atomic E-state index is 4.45. The van der Waals surface area contributed by atoms with E-state index < -0.39 is 0 Å². The number of para-hydroxylation sites is 1. The van der Waals surface area contributed by atoms with Gasteiger partial charge < -0.3 is 10.2 Å². The fraction of sp³-hybridized carbons (Fsp3) is 0.500. The molecule has 0 saturated carbocycles. The molecule has 2 aromatic rings. The van der Waals surface area contributed by atoms with E-state index in [1.54, 1.807) is 6.33 Å². The van der Waals surface area contributed by atoms with Gasteiger partial charge in [-0.2, -0.15) is 0 Å². The summed E-state index contributed by atoms with van der Waals surface area (Å²) in [6, 6.07) is 10.3. The molecule has 2 fully saturated rings. The van der Waals surface area contributed by atoms with Gasteiger partial charge in [-0.1, -0.05) is 12.1 Å². The Bertz CT molecular complexity index is 607. The number of hydrogen-bond donors (Lipinski definition) is 1. The van der Waals surface area contributed by atoms with E-state index in [-0.39, 0.29) is 0 Å². The Hall–Kier alpha value is -1.68. The first-order chi connectivity index (χ1) is 9.81. The number of anilines is 1. The topological polar surface area (TPSA) is 41.0 Å². The number of nitrogens with zero attached hydrogens (tertiary/aromatic N) is 3. The van der Waals surface area contributed by atoms with Gasteiger partial charge in [0.1, 0.15) is 12.1 Å². The predicted octanol–water partition coefficient (Wildman–Crippen LogP) is 2.67.